The molecule has 1 N–H and O–H groups in total. The van der Waals surface area contributed by atoms with E-state index in [1.54, 1.807) is 11.8 Å². The molecular weight excluding hydrogens is 312 g/mol. The lowest BCUT2D eigenvalue weighted by atomic mass is 9.95. The molecule has 0 saturated heterocycles. The van der Waals surface area contributed by atoms with E-state index in [2.05, 4.69) is 5.32 Å². The summed E-state index contributed by atoms with van der Waals surface area (Å²) in [5.41, 5.74) is 3.84. The highest BCUT2D eigenvalue weighted by Gasteiger charge is 2.22. The highest BCUT2D eigenvalue weighted by atomic mass is 16.2. The number of carbonyl (C=O) groups is 2. The SMILES string of the molecule is CC[C@H](C(=O)Nc1ccc2c(c1)N(C(C)=O)CCC2)c1ccccc1. The van der Waals surface area contributed by atoms with E-state index in [1.165, 1.54) is 0 Å². The molecule has 0 bridgehead atoms. The van der Waals surface area contributed by atoms with Crippen LogP contribution in [0.25, 0.3) is 0 Å². The molecule has 0 aliphatic carbocycles. The van der Waals surface area contributed by atoms with E-state index in [-0.39, 0.29) is 17.7 Å². The maximum Gasteiger partial charge on any atom is 0.231 e. The van der Waals surface area contributed by atoms with Crippen molar-refractivity contribution in [1.82, 2.24) is 0 Å². The first-order chi connectivity index (χ1) is 12.1. The number of aryl methyl sites for hydroxylation is 1. The number of nitrogens with zero attached hydrogens (tertiary/aromatic N) is 1. The number of benzene rings is 2. The number of hydrogen-bond donors (Lipinski definition) is 1. The molecule has 1 atom stereocenters. The van der Waals surface area contributed by atoms with Crippen LogP contribution in [0.15, 0.2) is 48.5 Å². The van der Waals surface area contributed by atoms with Crippen molar-refractivity contribution in [3.8, 4) is 0 Å². The van der Waals surface area contributed by atoms with Crippen LogP contribution >= 0.6 is 0 Å². The van der Waals surface area contributed by atoms with E-state index in [0.717, 1.165) is 48.3 Å². The summed E-state index contributed by atoms with van der Waals surface area (Å²) in [6.45, 7) is 4.34. The van der Waals surface area contributed by atoms with Crippen molar-refractivity contribution in [2.75, 3.05) is 16.8 Å². The minimum Gasteiger partial charge on any atom is -0.325 e. The molecule has 1 heterocycles. The zero-order chi connectivity index (χ0) is 17.8. The molecule has 130 valence electrons. The van der Waals surface area contributed by atoms with Crippen molar-refractivity contribution in [2.24, 2.45) is 0 Å². The summed E-state index contributed by atoms with van der Waals surface area (Å²) >= 11 is 0. The van der Waals surface area contributed by atoms with E-state index in [9.17, 15) is 9.59 Å². The fourth-order valence-corrected chi connectivity index (χ4v) is 3.47. The summed E-state index contributed by atoms with van der Waals surface area (Å²) in [5, 5.41) is 3.02. The highest BCUT2D eigenvalue weighted by Crippen LogP contribution is 2.31. The lowest BCUT2D eigenvalue weighted by molar-refractivity contribution is -0.118. The Morgan fingerprint density at radius 1 is 1.16 bits per heavy atom. The summed E-state index contributed by atoms with van der Waals surface area (Å²) in [4.78, 5) is 26.4. The molecule has 2 aromatic carbocycles. The molecule has 0 aromatic heterocycles. The fraction of sp³-hybridized carbons (Fsp3) is 0.333. The average molecular weight is 336 g/mol. The third-order valence-corrected chi connectivity index (χ3v) is 4.78. The van der Waals surface area contributed by atoms with Crippen LogP contribution in [0, 0.1) is 0 Å². The van der Waals surface area contributed by atoms with Crippen LogP contribution in [0.5, 0.6) is 0 Å². The second-order valence-electron chi connectivity index (χ2n) is 6.48. The van der Waals surface area contributed by atoms with Gasteiger partial charge in [0.25, 0.3) is 0 Å². The number of anilines is 2. The molecule has 0 radical (unpaired) electrons. The third-order valence-electron chi connectivity index (χ3n) is 4.78. The second kappa shape index (κ2) is 7.51. The first-order valence-electron chi connectivity index (χ1n) is 8.87. The number of rotatable bonds is 4. The van der Waals surface area contributed by atoms with Crippen LogP contribution in [-0.2, 0) is 16.0 Å². The van der Waals surface area contributed by atoms with Gasteiger partial charge in [-0.15, -0.1) is 0 Å². The van der Waals surface area contributed by atoms with Crippen LogP contribution < -0.4 is 10.2 Å². The number of hydrogen-bond acceptors (Lipinski definition) is 2. The standard InChI is InChI=1S/C21H24N2O2/c1-3-19(16-8-5-4-6-9-16)21(25)22-18-12-11-17-10-7-13-23(15(2)24)20(17)14-18/h4-6,8-9,11-12,14,19H,3,7,10,13H2,1-2H3,(H,22,25)/t19-/m0/s1. The zero-order valence-electron chi connectivity index (χ0n) is 14.8. The van der Waals surface area contributed by atoms with E-state index in [1.807, 2.05) is 55.5 Å². The van der Waals surface area contributed by atoms with Crippen molar-refractivity contribution < 1.29 is 9.59 Å². The van der Waals surface area contributed by atoms with E-state index < -0.39 is 0 Å². The predicted octanol–water partition coefficient (Wildman–Crippen LogP) is 4.12. The Kier molecular flexibility index (Phi) is 5.17. The maximum atomic E-state index is 12.7. The molecule has 0 unspecified atom stereocenters. The largest absolute Gasteiger partial charge is 0.325 e. The Labute approximate surface area is 148 Å². The number of amides is 2. The van der Waals surface area contributed by atoms with Crippen LogP contribution in [0.4, 0.5) is 11.4 Å². The molecule has 4 nitrogen and oxygen atoms in total. The van der Waals surface area contributed by atoms with Crippen molar-refractivity contribution in [3.05, 3.63) is 59.7 Å². The Balaban J connectivity index is 1.82. The number of carbonyl (C=O) groups excluding carboxylic acids is 2. The summed E-state index contributed by atoms with van der Waals surface area (Å²) in [5.74, 6) is -0.153. The van der Waals surface area contributed by atoms with E-state index >= 15 is 0 Å². The molecule has 4 heteroatoms. The van der Waals surface area contributed by atoms with Crippen LogP contribution in [0.1, 0.15) is 43.7 Å². The lowest BCUT2D eigenvalue weighted by Crippen LogP contribution is -2.33. The Morgan fingerprint density at radius 3 is 2.60 bits per heavy atom. The van der Waals surface area contributed by atoms with Crippen molar-refractivity contribution in [3.63, 3.8) is 0 Å². The Hall–Kier alpha value is -2.62. The molecular formula is C21H24N2O2. The van der Waals surface area contributed by atoms with Gasteiger partial charge in [-0.2, -0.15) is 0 Å². The minimum absolute atomic E-state index is 0.0150. The molecule has 0 spiro atoms. The predicted molar refractivity (Wildman–Crippen MR) is 101 cm³/mol. The monoisotopic (exact) mass is 336 g/mol. The zero-order valence-corrected chi connectivity index (χ0v) is 14.8. The topological polar surface area (TPSA) is 49.4 Å². The highest BCUT2D eigenvalue weighted by molar-refractivity contribution is 5.98. The molecule has 2 aromatic rings. The lowest BCUT2D eigenvalue weighted by Gasteiger charge is -2.29. The van der Waals surface area contributed by atoms with Crippen LogP contribution in [0.3, 0.4) is 0 Å². The van der Waals surface area contributed by atoms with Gasteiger partial charge < -0.3 is 10.2 Å². The molecule has 1 aliphatic heterocycles. The van der Waals surface area contributed by atoms with Gasteiger partial charge in [0.15, 0.2) is 0 Å². The van der Waals surface area contributed by atoms with Crippen LogP contribution in [-0.4, -0.2) is 18.4 Å². The van der Waals surface area contributed by atoms with E-state index in [0.29, 0.717) is 0 Å². The minimum atomic E-state index is -0.179. The van der Waals surface area contributed by atoms with Gasteiger partial charge in [-0.1, -0.05) is 43.3 Å². The van der Waals surface area contributed by atoms with Gasteiger partial charge in [0.1, 0.15) is 0 Å². The number of fused-ring (bicyclic) bond motifs is 1. The Morgan fingerprint density at radius 2 is 1.92 bits per heavy atom. The van der Waals surface area contributed by atoms with Crippen LogP contribution in [0.2, 0.25) is 0 Å². The van der Waals surface area contributed by atoms with Gasteiger partial charge in [-0.05, 0) is 42.5 Å². The van der Waals surface area contributed by atoms with Gasteiger partial charge in [0.05, 0.1) is 5.92 Å². The van der Waals surface area contributed by atoms with Gasteiger partial charge in [0.2, 0.25) is 11.8 Å². The molecule has 2 amide bonds. The number of nitrogens with one attached hydrogen (secondary N) is 1. The quantitative estimate of drug-likeness (QED) is 0.913. The van der Waals surface area contributed by atoms with Gasteiger partial charge >= 0.3 is 0 Å². The van der Waals surface area contributed by atoms with Gasteiger partial charge in [-0.3, -0.25) is 9.59 Å². The molecule has 25 heavy (non-hydrogen) atoms. The maximum absolute atomic E-state index is 12.7. The van der Waals surface area contributed by atoms with Crippen molar-refractivity contribution in [1.29, 1.82) is 0 Å². The Bertz CT molecular complexity index is 771. The normalized spacial score (nSPS) is 14.6. The first kappa shape index (κ1) is 17.2. The molecule has 0 fully saturated rings. The van der Waals surface area contributed by atoms with Gasteiger partial charge in [-0.25, -0.2) is 0 Å². The second-order valence-corrected chi connectivity index (χ2v) is 6.48. The van der Waals surface area contributed by atoms with E-state index in [4.69, 9.17) is 0 Å². The average Bonchev–Trinajstić information content (AvgIpc) is 2.62. The fourth-order valence-electron chi connectivity index (χ4n) is 3.47. The molecule has 3 rings (SSSR count). The first-order valence-corrected chi connectivity index (χ1v) is 8.87. The molecule has 1 aliphatic rings. The smallest absolute Gasteiger partial charge is 0.231 e. The summed E-state index contributed by atoms with van der Waals surface area (Å²) < 4.78 is 0. The third kappa shape index (κ3) is 3.73. The van der Waals surface area contributed by atoms with Crippen molar-refractivity contribution in [2.45, 2.75) is 39.0 Å². The summed E-state index contributed by atoms with van der Waals surface area (Å²) in [6.07, 6.45) is 2.68. The van der Waals surface area contributed by atoms with Gasteiger partial charge in [0, 0.05) is 24.8 Å². The molecule has 0 saturated carbocycles. The summed E-state index contributed by atoms with van der Waals surface area (Å²) in [7, 11) is 0. The van der Waals surface area contributed by atoms with Crippen molar-refractivity contribution >= 4 is 23.2 Å². The summed E-state index contributed by atoms with van der Waals surface area (Å²) in [6, 6.07) is 15.7.